The van der Waals surface area contributed by atoms with Crippen LogP contribution in [0.4, 0.5) is 23.7 Å². The molecule has 1 heterocycles. The van der Waals surface area contributed by atoms with Gasteiger partial charge in [-0.1, -0.05) is 17.7 Å². The lowest BCUT2D eigenvalue weighted by atomic mass is 10.1. The van der Waals surface area contributed by atoms with Crippen LogP contribution in [0.3, 0.4) is 0 Å². The molecule has 1 saturated heterocycles. The van der Waals surface area contributed by atoms with Crippen LogP contribution in [0.1, 0.15) is 22.3 Å². The second-order valence-corrected chi connectivity index (χ2v) is 7.00. The number of nitrogens with zero attached hydrogens (tertiary/aromatic N) is 2. The summed E-state index contributed by atoms with van der Waals surface area (Å²) in [5.41, 5.74) is 0.374. The van der Waals surface area contributed by atoms with Gasteiger partial charge in [-0.15, -0.1) is 0 Å². The summed E-state index contributed by atoms with van der Waals surface area (Å²) < 4.78 is 46.3. The number of halogens is 4. The molecular formula is C20H18ClF3N2O3. The van der Waals surface area contributed by atoms with Crippen LogP contribution in [0.15, 0.2) is 36.4 Å². The molecular weight excluding hydrogens is 409 g/mol. The normalized spacial score (nSPS) is 16.0. The molecule has 0 radical (unpaired) electrons. The van der Waals surface area contributed by atoms with Crippen molar-refractivity contribution in [3.63, 3.8) is 0 Å². The van der Waals surface area contributed by atoms with Crippen molar-refractivity contribution in [2.24, 2.45) is 0 Å². The third-order valence-electron chi connectivity index (χ3n) is 4.65. The first-order chi connectivity index (χ1) is 13.8. The van der Waals surface area contributed by atoms with Gasteiger partial charge in [0.15, 0.2) is 0 Å². The van der Waals surface area contributed by atoms with Crippen molar-refractivity contribution in [2.45, 2.75) is 19.1 Å². The lowest BCUT2D eigenvalue weighted by molar-refractivity contribution is 0.0600. The first-order valence-electron chi connectivity index (χ1n) is 8.82. The zero-order chi connectivity index (χ0) is 21.1. The van der Waals surface area contributed by atoms with E-state index in [2.05, 4.69) is 4.74 Å². The minimum absolute atomic E-state index is 0.0243. The maximum Gasteiger partial charge on any atom is 0.337 e. The van der Waals surface area contributed by atoms with Crippen molar-refractivity contribution in [1.29, 1.82) is 0 Å². The van der Waals surface area contributed by atoms with E-state index in [1.54, 1.807) is 0 Å². The summed E-state index contributed by atoms with van der Waals surface area (Å²) >= 11 is 5.84. The largest absolute Gasteiger partial charge is 0.465 e. The number of anilines is 1. The fourth-order valence-corrected chi connectivity index (χ4v) is 3.25. The number of benzene rings is 2. The average molecular weight is 427 g/mol. The van der Waals surface area contributed by atoms with E-state index < -0.39 is 29.8 Å². The van der Waals surface area contributed by atoms with Gasteiger partial charge in [-0.25, -0.2) is 22.8 Å². The molecule has 0 aromatic heterocycles. The molecule has 0 N–H and O–H groups in total. The zero-order valence-electron chi connectivity index (χ0n) is 15.5. The predicted octanol–water partition coefficient (Wildman–Crippen LogP) is 4.58. The highest BCUT2D eigenvalue weighted by atomic mass is 35.5. The van der Waals surface area contributed by atoms with E-state index in [4.69, 9.17) is 11.6 Å². The van der Waals surface area contributed by atoms with Crippen molar-refractivity contribution < 1.29 is 27.5 Å². The van der Waals surface area contributed by atoms with Gasteiger partial charge in [0.05, 0.1) is 30.8 Å². The van der Waals surface area contributed by atoms with Crippen molar-refractivity contribution >= 4 is 29.3 Å². The second kappa shape index (κ2) is 8.73. The Morgan fingerprint density at radius 2 is 1.97 bits per heavy atom. The number of ether oxygens (including phenoxy) is 1. The van der Waals surface area contributed by atoms with E-state index in [-0.39, 0.29) is 47.9 Å². The highest BCUT2D eigenvalue weighted by Crippen LogP contribution is 2.27. The van der Waals surface area contributed by atoms with E-state index in [0.29, 0.717) is 0 Å². The molecule has 29 heavy (non-hydrogen) atoms. The number of methoxy groups -OCH3 is 1. The monoisotopic (exact) mass is 426 g/mol. The number of alkyl halides is 1. The van der Waals surface area contributed by atoms with Gasteiger partial charge in [0.25, 0.3) is 0 Å². The van der Waals surface area contributed by atoms with Gasteiger partial charge in [0, 0.05) is 17.8 Å². The summed E-state index contributed by atoms with van der Waals surface area (Å²) in [6, 6.07) is 6.86. The van der Waals surface area contributed by atoms with Crippen LogP contribution in [0.2, 0.25) is 5.02 Å². The molecule has 3 rings (SSSR count). The van der Waals surface area contributed by atoms with Gasteiger partial charge in [0.1, 0.15) is 17.8 Å². The van der Waals surface area contributed by atoms with Crippen LogP contribution in [0.25, 0.3) is 0 Å². The molecule has 0 bridgehead atoms. The highest BCUT2D eigenvalue weighted by Gasteiger charge is 2.30. The van der Waals surface area contributed by atoms with Crippen molar-refractivity contribution in [1.82, 2.24) is 4.90 Å². The molecule has 2 aromatic carbocycles. The average Bonchev–Trinajstić information content (AvgIpc) is 3.14. The minimum atomic E-state index is -1.13. The van der Waals surface area contributed by atoms with E-state index >= 15 is 0 Å². The molecule has 2 aromatic rings. The molecule has 0 spiro atoms. The fourth-order valence-electron chi connectivity index (χ4n) is 3.08. The van der Waals surface area contributed by atoms with Crippen molar-refractivity contribution in [2.75, 3.05) is 25.1 Å². The number of esters is 1. The van der Waals surface area contributed by atoms with E-state index in [1.807, 2.05) is 0 Å². The van der Waals surface area contributed by atoms with Crippen LogP contribution < -0.4 is 4.90 Å². The third kappa shape index (κ3) is 4.64. The van der Waals surface area contributed by atoms with E-state index in [0.717, 1.165) is 12.1 Å². The molecule has 154 valence electrons. The smallest absolute Gasteiger partial charge is 0.337 e. The maximum absolute atomic E-state index is 14.6. The molecule has 1 aliphatic rings. The predicted molar refractivity (Wildman–Crippen MR) is 102 cm³/mol. The Kier molecular flexibility index (Phi) is 6.32. The summed E-state index contributed by atoms with van der Waals surface area (Å²) in [5.74, 6) is -2.08. The number of rotatable bonds is 4. The van der Waals surface area contributed by atoms with Crippen LogP contribution in [-0.2, 0) is 11.3 Å². The number of carbonyl (C=O) groups is 2. The van der Waals surface area contributed by atoms with Gasteiger partial charge >= 0.3 is 12.0 Å². The molecule has 1 unspecified atom stereocenters. The summed E-state index contributed by atoms with van der Waals surface area (Å²) in [6.07, 6.45) is -0.917. The van der Waals surface area contributed by atoms with E-state index in [9.17, 15) is 22.8 Å². The Balaban J connectivity index is 1.93. The second-order valence-electron chi connectivity index (χ2n) is 6.60. The molecule has 2 amide bonds. The SMILES string of the molecule is COC(=O)c1ccc(CN(C(=O)N2CCC(F)C2)c2ccc(F)c(Cl)c2)c(F)c1. The van der Waals surface area contributed by atoms with Crippen LogP contribution >= 0.6 is 11.6 Å². The number of likely N-dealkylation sites (tertiary alicyclic amines) is 1. The Bertz CT molecular complexity index is 941. The highest BCUT2D eigenvalue weighted by molar-refractivity contribution is 6.31. The van der Waals surface area contributed by atoms with Crippen LogP contribution in [-0.4, -0.2) is 43.3 Å². The Morgan fingerprint density at radius 1 is 1.21 bits per heavy atom. The third-order valence-corrected chi connectivity index (χ3v) is 4.94. The summed E-state index contributed by atoms with van der Waals surface area (Å²) in [6.45, 7) is -0.0786. The first kappa shape index (κ1) is 21.0. The number of hydrogen-bond donors (Lipinski definition) is 0. The van der Waals surface area contributed by atoms with Crippen LogP contribution in [0, 0.1) is 11.6 Å². The summed E-state index contributed by atoms with van der Waals surface area (Å²) in [4.78, 5) is 27.0. The maximum atomic E-state index is 14.6. The molecule has 1 fully saturated rings. The molecule has 1 aliphatic heterocycles. The Hall–Kier alpha value is -2.74. The Labute approximate surface area is 170 Å². The Morgan fingerprint density at radius 3 is 2.55 bits per heavy atom. The van der Waals surface area contributed by atoms with Gasteiger partial charge in [-0.3, -0.25) is 4.90 Å². The molecule has 9 heteroatoms. The summed E-state index contributed by atoms with van der Waals surface area (Å²) in [7, 11) is 1.18. The standard InChI is InChI=1S/C20H18ClF3N2O3/c1-29-19(27)12-2-3-13(18(24)8-12)10-26(15-4-5-17(23)16(21)9-15)20(28)25-7-6-14(22)11-25/h2-5,8-9,14H,6-7,10-11H2,1H3. The van der Waals surface area contributed by atoms with Gasteiger partial charge < -0.3 is 9.64 Å². The molecule has 1 atom stereocenters. The van der Waals surface area contributed by atoms with Gasteiger partial charge in [0.2, 0.25) is 0 Å². The fraction of sp³-hybridized carbons (Fsp3) is 0.300. The van der Waals surface area contributed by atoms with E-state index in [1.165, 1.54) is 41.2 Å². The molecule has 0 saturated carbocycles. The van der Waals surface area contributed by atoms with Gasteiger partial charge in [-0.2, -0.15) is 0 Å². The lowest BCUT2D eigenvalue weighted by Gasteiger charge is -2.28. The number of carbonyl (C=O) groups excluding carboxylic acids is 2. The number of hydrogen-bond acceptors (Lipinski definition) is 3. The zero-order valence-corrected chi connectivity index (χ0v) is 16.3. The van der Waals surface area contributed by atoms with Crippen molar-refractivity contribution in [3.05, 3.63) is 64.2 Å². The van der Waals surface area contributed by atoms with Gasteiger partial charge in [-0.05, 0) is 36.8 Å². The lowest BCUT2D eigenvalue weighted by Crippen LogP contribution is -2.42. The number of amides is 2. The summed E-state index contributed by atoms with van der Waals surface area (Å²) in [5, 5.41) is -0.202. The first-order valence-corrected chi connectivity index (χ1v) is 9.20. The molecule has 5 nitrogen and oxygen atoms in total. The number of urea groups is 1. The minimum Gasteiger partial charge on any atom is -0.465 e. The quantitative estimate of drug-likeness (QED) is 0.673. The topological polar surface area (TPSA) is 49.9 Å². The van der Waals surface area contributed by atoms with Crippen molar-refractivity contribution in [3.8, 4) is 0 Å². The van der Waals surface area contributed by atoms with Crippen LogP contribution in [0.5, 0.6) is 0 Å². The molecule has 0 aliphatic carbocycles.